The van der Waals surface area contributed by atoms with Crippen LogP contribution in [0.5, 0.6) is 0 Å². The van der Waals surface area contributed by atoms with Crippen molar-refractivity contribution in [3.63, 3.8) is 0 Å². The molecule has 1 heterocycles. The number of hydrogen-bond donors (Lipinski definition) is 1. The molecule has 0 bridgehead atoms. The standard InChI is InChI=1S/C12H21N5O/c1-16(10-5-3-4-6-10)7-8-17(2)12(18)11-9-13-15-14-11/h9-10H,3-8H2,1-2H3,(H,13,14,15). The Morgan fingerprint density at radius 3 is 2.72 bits per heavy atom. The van der Waals surface area contributed by atoms with Gasteiger partial charge in [-0.2, -0.15) is 15.4 Å². The Balaban J connectivity index is 1.77. The summed E-state index contributed by atoms with van der Waals surface area (Å²) >= 11 is 0. The number of rotatable bonds is 5. The lowest BCUT2D eigenvalue weighted by atomic mass is 10.2. The Morgan fingerprint density at radius 2 is 2.11 bits per heavy atom. The van der Waals surface area contributed by atoms with E-state index >= 15 is 0 Å². The number of hydrogen-bond acceptors (Lipinski definition) is 4. The zero-order valence-corrected chi connectivity index (χ0v) is 11.1. The Morgan fingerprint density at radius 1 is 1.39 bits per heavy atom. The summed E-state index contributed by atoms with van der Waals surface area (Å²) in [5.41, 5.74) is 0.376. The number of carbonyl (C=O) groups excluding carboxylic acids is 1. The molecule has 2 rings (SSSR count). The molecule has 1 aromatic rings. The number of carbonyl (C=O) groups is 1. The third kappa shape index (κ3) is 3.07. The van der Waals surface area contributed by atoms with Crippen LogP contribution < -0.4 is 0 Å². The van der Waals surface area contributed by atoms with Gasteiger partial charge in [-0.1, -0.05) is 12.8 Å². The summed E-state index contributed by atoms with van der Waals surface area (Å²) < 4.78 is 0. The number of nitrogens with one attached hydrogen (secondary N) is 1. The number of amides is 1. The first-order valence-corrected chi connectivity index (χ1v) is 6.50. The van der Waals surface area contributed by atoms with Gasteiger partial charge >= 0.3 is 0 Å². The first-order valence-electron chi connectivity index (χ1n) is 6.50. The van der Waals surface area contributed by atoms with Crippen LogP contribution >= 0.6 is 0 Å². The third-order valence-electron chi connectivity index (χ3n) is 3.72. The van der Waals surface area contributed by atoms with Gasteiger partial charge in [-0.15, -0.1) is 0 Å². The summed E-state index contributed by atoms with van der Waals surface area (Å²) in [6.07, 6.45) is 6.71. The highest BCUT2D eigenvalue weighted by Crippen LogP contribution is 2.21. The van der Waals surface area contributed by atoms with Gasteiger partial charge < -0.3 is 9.80 Å². The fourth-order valence-corrected chi connectivity index (χ4v) is 2.44. The molecule has 1 N–H and O–H groups in total. The molecule has 0 spiro atoms. The van der Waals surface area contributed by atoms with E-state index in [1.165, 1.54) is 31.9 Å². The van der Waals surface area contributed by atoms with Gasteiger partial charge in [0.15, 0.2) is 5.69 Å². The Hall–Kier alpha value is -1.43. The maximum Gasteiger partial charge on any atom is 0.275 e. The SMILES string of the molecule is CN(CCN(C)C1CCCC1)C(=O)c1cn[nH]n1. The highest BCUT2D eigenvalue weighted by Gasteiger charge is 2.20. The van der Waals surface area contributed by atoms with Crippen LogP contribution in [0.15, 0.2) is 6.20 Å². The van der Waals surface area contributed by atoms with Gasteiger partial charge in [0.05, 0.1) is 6.20 Å². The first kappa shape index (κ1) is 13.0. The van der Waals surface area contributed by atoms with Crippen molar-refractivity contribution in [1.82, 2.24) is 25.2 Å². The predicted molar refractivity (Wildman–Crippen MR) is 68.2 cm³/mol. The van der Waals surface area contributed by atoms with Gasteiger partial charge in [0, 0.05) is 26.2 Å². The van der Waals surface area contributed by atoms with E-state index < -0.39 is 0 Å². The molecule has 0 unspecified atom stereocenters. The highest BCUT2D eigenvalue weighted by molar-refractivity contribution is 5.91. The van der Waals surface area contributed by atoms with Crippen LogP contribution in [-0.4, -0.2) is 64.3 Å². The van der Waals surface area contributed by atoms with Crippen molar-refractivity contribution in [3.05, 3.63) is 11.9 Å². The average Bonchev–Trinajstić information content (AvgIpc) is 3.05. The van der Waals surface area contributed by atoms with Gasteiger partial charge in [0.2, 0.25) is 0 Å². The molecule has 0 radical (unpaired) electrons. The van der Waals surface area contributed by atoms with Gasteiger partial charge in [0.25, 0.3) is 5.91 Å². The normalized spacial score (nSPS) is 16.4. The molecular formula is C12H21N5O. The van der Waals surface area contributed by atoms with Crippen molar-refractivity contribution in [2.45, 2.75) is 31.7 Å². The van der Waals surface area contributed by atoms with Crippen molar-refractivity contribution < 1.29 is 4.79 Å². The summed E-state index contributed by atoms with van der Waals surface area (Å²) in [5, 5.41) is 9.91. The molecule has 1 aliphatic carbocycles. The van der Waals surface area contributed by atoms with Gasteiger partial charge in [0.1, 0.15) is 0 Å². The molecule has 100 valence electrons. The number of aromatic amines is 1. The second-order valence-corrected chi connectivity index (χ2v) is 5.00. The van der Waals surface area contributed by atoms with Crippen LogP contribution in [0.25, 0.3) is 0 Å². The summed E-state index contributed by atoms with van der Waals surface area (Å²) in [5.74, 6) is -0.0800. The van der Waals surface area contributed by atoms with E-state index in [4.69, 9.17) is 0 Å². The molecule has 1 fully saturated rings. The second-order valence-electron chi connectivity index (χ2n) is 5.00. The summed E-state index contributed by atoms with van der Waals surface area (Å²) in [6, 6.07) is 0.695. The summed E-state index contributed by atoms with van der Waals surface area (Å²) in [4.78, 5) is 16.0. The van der Waals surface area contributed by atoms with Crippen LogP contribution in [0.3, 0.4) is 0 Å². The minimum absolute atomic E-state index is 0.0800. The van der Waals surface area contributed by atoms with Crippen molar-refractivity contribution in [3.8, 4) is 0 Å². The lowest BCUT2D eigenvalue weighted by Gasteiger charge is -2.26. The van der Waals surface area contributed by atoms with Gasteiger partial charge in [-0.25, -0.2) is 0 Å². The van der Waals surface area contributed by atoms with Crippen LogP contribution in [0.4, 0.5) is 0 Å². The van der Waals surface area contributed by atoms with Crippen LogP contribution in [0.1, 0.15) is 36.2 Å². The molecule has 0 aliphatic heterocycles. The summed E-state index contributed by atoms with van der Waals surface area (Å²) in [6.45, 7) is 1.63. The smallest absolute Gasteiger partial charge is 0.275 e. The Labute approximate surface area is 107 Å². The maximum absolute atomic E-state index is 11.9. The molecular weight excluding hydrogens is 230 g/mol. The fourth-order valence-electron chi connectivity index (χ4n) is 2.44. The number of aromatic nitrogens is 3. The monoisotopic (exact) mass is 251 g/mol. The molecule has 0 saturated heterocycles. The zero-order chi connectivity index (χ0) is 13.0. The van der Waals surface area contributed by atoms with Crippen LogP contribution in [0.2, 0.25) is 0 Å². The van der Waals surface area contributed by atoms with E-state index in [-0.39, 0.29) is 5.91 Å². The number of nitrogens with zero attached hydrogens (tertiary/aromatic N) is 4. The van der Waals surface area contributed by atoms with E-state index in [0.717, 1.165) is 13.1 Å². The first-order chi connectivity index (χ1) is 8.68. The van der Waals surface area contributed by atoms with Gasteiger partial charge in [-0.05, 0) is 19.9 Å². The van der Waals surface area contributed by atoms with E-state index in [9.17, 15) is 4.79 Å². The topological polar surface area (TPSA) is 65.1 Å². The summed E-state index contributed by atoms with van der Waals surface area (Å²) in [7, 11) is 3.95. The van der Waals surface area contributed by atoms with Crippen molar-refractivity contribution >= 4 is 5.91 Å². The zero-order valence-electron chi connectivity index (χ0n) is 11.1. The second kappa shape index (κ2) is 5.95. The molecule has 18 heavy (non-hydrogen) atoms. The molecule has 1 saturated carbocycles. The Kier molecular flexibility index (Phi) is 4.30. The molecule has 1 aromatic heterocycles. The van der Waals surface area contributed by atoms with E-state index in [1.807, 2.05) is 0 Å². The van der Waals surface area contributed by atoms with Crippen molar-refractivity contribution in [1.29, 1.82) is 0 Å². The van der Waals surface area contributed by atoms with E-state index in [2.05, 4.69) is 27.4 Å². The fraction of sp³-hybridized carbons (Fsp3) is 0.750. The minimum atomic E-state index is -0.0800. The molecule has 1 aliphatic rings. The van der Waals surface area contributed by atoms with E-state index in [0.29, 0.717) is 11.7 Å². The van der Waals surface area contributed by atoms with Gasteiger partial charge in [-0.3, -0.25) is 4.79 Å². The minimum Gasteiger partial charge on any atom is -0.339 e. The van der Waals surface area contributed by atoms with E-state index in [1.54, 1.807) is 11.9 Å². The number of likely N-dealkylation sites (N-methyl/N-ethyl adjacent to an activating group) is 2. The van der Waals surface area contributed by atoms with Crippen LogP contribution in [0, 0.1) is 0 Å². The lowest BCUT2D eigenvalue weighted by molar-refractivity contribution is 0.0768. The maximum atomic E-state index is 11.9. The molecule has 1 amide bonds. The van der Waals surface area contributed by atoms with Crippen molar-refractivity contribution in [2.75, 3.05) is 27.2 Å². The molecule has 6 nitrogen and oxygen atoms in total. The third-order valence-corrected chi connectivity index (χ3v) is 3.72. The largest absolute Gasteiger partial charge is 0.339 e. The highest BCUT2D eigenvalue weighted by atomic mass is 16.2. The molecule has 0 aromatic carbocycles. The Bertz CT molecular complexity index is 372. The predicted octanol–water partition coefficient (Wildman–Crippen LogP) is 0.751. The van der Waals surface area contributed by atoms with Crippen LogP contribution in [-0.2, 0) is 0 Å². The lowest BCUT2D eigenvalue weighted by Crippen LogP contribution is -2.38. The number of H-pyrrole nitrogens is 1. The average molecular weight is 251 g/mol. The quantitative estimate of drug-likeness (QED) is 0.838. The molecule has 0 atom stereocenters. The molecule has 6 heteroatoms. The van der Waals surface area contributed by atoms with Crippen molar-refractivity contribution in [2.24, 2.45) is 0 Å².